The summed E-state index contributed by atoms with van der Waals surface area (Å²) in [7, 11) is 0. The van der Waals surface area contributed by atoms with E-state index in [2.05, 4.69) is 16.8 Å². The number of hydrogen-bond acceptors (Lipinski definition) is 3. The molecule has 1 atom stereocenters. The van der Waals surface area contributed by atoms with Crippen molar-refractivity contribution in [3.63, 3.8) is 0 Å². The van der Waals surface area contributed by atoms with E-state index in [0.29, 0.717) is 6.04 Å². The van der Waals surface area contributed by atoms with E-state index in [9.17, 15) is 0 Å². The summed E-state index contributed by atoms with van der Waals surface area (Å²) in [6, 6.07) is 0.583. The van der Waals surface area contributed by atoms with Crippen molar-refractivity contribution in [3.05, 3.63) is 16.6 Å². The van der Waals surface area contributed by atoms with E-state index in [0.717, 1.165) is 0 Å². The van der Waals surface area contributed by atoms with Crippen LogP contribution >= 0.6 is 11.3 Å². The average Bonchev–Trinajstić information content (AvgIpc) is 2.77. The highest BCUT2D eigenvalue weighted by Crippen LogP contribution is 2.26. The fourth-order valence-electron chi connectivity index (χ4n) is 1.74. The summed E-state index contributed by atoms with van der Waals surface area (Å²) in [5.74, 6) is 0. The molecule has 0 N–H and O–H groups in total. The molecule has 1 aliphatic rings. The molecule has 66 valence electrons. The number of nitrogens with zero attached hydrogens (tertiary/aromatic N) is 2. The van der Waals surface area contributed by atoms with Gasteiger partial charge < -0.3 is 0 Å². The lowest BCUT2D eigenvalue weighted by atomic mass is 10.3. The van der Waals surface area contributed by atoms with E-state index in [1.807, 2.05) is 11.7 Å². The van der Waals surface area contributed by atoms with E-state index in [1.54, 1.807) is 11.3 Å². The van der Waals surface area contributed by atoms with Crippen molar-refractivity contribution in [3.8, 4) is 0 Å². The summed E-state index contributed by atoms with van der Waals surface area (Å²) in [5.41, 5.74) is 1.92. The van der Waals surface area contributed by atoms with Crippen LogP contribution in [0.15, 0.2) is 11.7 Å². The molecular weight excluding hydrogens is 168 g/mol. The summed E-state index contributed by atoms with van der Waals surface area (Å²) < 4.78 is 0. The Balaban J connectivity index is 2.04. The Labute approximate surface area is 77.2 Å². The van der Waals surface area contributed by atoms with Crippen LogP contribution in [0.5, 0.6) is 0 Å². The lowest BCUT2D eigenvalue weighted by Crippen LogP contribution is -2.22. The van der Waals surface area contributed by atoms with Crippen molar-refractivity contribution in [2.45, 2.75) is 25.8 Å². The second-order valence-corrected chi connectivity index (χ2v) is 4.24. The Morgan fingerprint density at radius 2 is 2.25 bits per heavy atom. The van der Waals surface area contributed by atoms with Gasteiger partial charge in [-0.05, 0) is 32.9 Å². The Hall–Kier alpha value is -0.410. The highest BCUT2D eigenvalue weighted by atomic mass is 32.1. The highest BCUT2D eigenvalue weighted by molar-refractivity contribution is 7.09. The van der Waals surface area contributed by atoms with Crippen LogP contribution < -0.4 is 0 Å². The van der Waals surface area contributed by atoms with Crippen molar-refractivity contribution >= 4 is 11.3 Å². The molecule has 1 fully saturated rings. The fourth-order valence-corrected chi connectivity index (χ4v) is 2.45. The molecule has 0 saturated carbocycles. The second-order valence-electron chi connectivity index (χ2n) is 3.32. The summed E-state index contributed by atoms with van der Waals surface area (Å²) in [6.07, 6.45) is 4.72. The minimum atomic E-state index is 0.583. The van der Waals surface area contributed by atoms with Gasteiger partial charge in [0, 0.05) is 17.1 Å². The van der Waals surface area contributed by atoms with Gasteiger partial charge in [0.15, 0.2) is 0 Å². The fraction of sp³-hybridized carbons (Fsp3) is 0.667. The predicted molar refractivity (Wildman–Crippen MR) is 51.3 cm³/mol. The standard InChI is InChI=1S/C9H14N2S/c1-8(9-6-10-7-12-9)11-4-2-3-5-11/h6-8H,2-5H2,1H3. The monoisotopic (exact) mass is 182 g/mol. The molecule has 0 bridgehead atoms. The molecule has 0 aromatic carbocycles. The van der Waals surface area contributed by atoms with Crippen LogP contribution in [0.3, 0.4) is 0 Å². The Bertz CT molecular complexity index is 227. The third kappa shape index (κ3) is 1.52. The van der Waals surface area contributed by atoms with E-state index in [1.165, 1.54) is 30.8 Å². The Morgan fingerprint density at radius 1 is 1.50 bits per heavy atom. The molecule has 1 aliphatic heterocycles. The molecule has 0 spiro atoms. The quantitative estimate of drug-likeness (QED) is 0.697. The average molecular weight is 182 g/mol. The minimum absolute atomic E-state index is 0.583. The van der Waals surface area contributed by atoms with Gasteiger partial charge in [0.1, 0.15) is 0 Å². The number of aromatic nitrogens is 1. The lowest BCUT2D eigenvalue weighted by Gasteiger charge is -2.21. The second kappa shape index (κ2) is 3.54. The van der Waals surface area contributed by atoms with Gasteiger partial charge >= 0.3 is 0 Å². The van der Waals surface area contributed by atoms with Crippen LogP contribution in [0.25, 0.3) is 0 Å². The highest BCUT2D eigenvalue weighted by Gasteiger charge is 2.19. The van der Waals surface area contributed by atoms with Gasteiger partial charge in [-0.2, -0.15) is 0 Å². The third-order valence-corrected chi connectivity index (χ3v) is 3.50. The number of hydrogen-bond donors (Lipinski definition) is 0. The Kier molecular flexibility index (Phi) is 2.42. The van der Waals surface area contributed by atoms with Gasteiger partial charge in [0.2, 0.25) is 0 Å². The van der Waals surface area contributed by atoms with Crippen LogP contribution in [0.4, 0.5) is 0 Å². The number of rotatable bonds is 2. The van der Waals surface area contributed by atoms with Crippen molar-refractivity contribution in [2.24, 2.45) is 0 Å². The smallest absolute Gasteiger partial charge is 0.0794 e. The maximum Gasteiger partial charge on any atom is 0.0794 e. The van der Waals surface area contributed by atoms with Crippen LogP contribution in [0.1, 0.15) is 30.7 Å². The largest absolute Gasteiger partial charge is 0.296 e. The van der Waals surface area contributed by atoms with E-state index in [-0.39, 0.29) is 0 Å². The van der Waals surface area contributed by atoms with E-state index < -0.39 is 0 Å². The first kappa shape index (κ1) is 8.20. The normalized spacial score (nSPS) is 21.4. The first-order valence-corrected chi connectivity index (χ1v) is 5.38. The Morgan fingerprint density at radius 3 is 2.83 bits per heavy atom. The number of thiazole rings is 1. The zero-order chi connectivity index (χ0) is 8.39. The summed E-state index contributed by atoms with van der Waals surface area (Å²) in [4.78, 5) is 8.04. The number of likely N-dealkylation sites (tertiary alicyclic amines) is 1. The van der Waals surface area contributed by atoms with Gasteiger partial charge in [-0.3, -0.25) is 9.88 Å². The zero-order valence-electron chi connectivity index (χ0n) is 7.36. The predicted octanol–water partition coefficient (Wildman–Crippen LogP) is 2.30. The van der Waals surface area contributed by atoms with Gasteiger partial charge in [-0.1, -0.05) is 0 Å². The summed E-state index contributed by atoms with van der Waals surface area (Å²) in [5, 5.41) is 0. The summed E-state index contributed by atoms with van der Waals surface area (Å²) in [6.45, 7) is 4.80. The topological polar surface area (TPSA) is 16.1 Å². The molecule has 1 aromatic rings. The van der Waals surface area contributed by atoms with Gasteiger partial charge in [0.05, 0.1) is 5.51 Å². The molecule has 12 heavy (non-hydrogen) atoms. The van der Waals surface area contributed by atoms with Crippen LogP contribution in [-0.2, 0) is 0 Å². The molecule has 1 saturated heterocycles. The molecule has 2 nitrogen and oxygen atoms in total. The zero-order valence-corrected chi connectivity index (χ0v) is 8.18. The van der Waals surface area contributed by atoms with E-state index in [4.69, 9.17) is 0 Å². The van der Waals surface area contributed by atoms with Crippen molar-refractivity contribution in [1.29, 1.82) is 0 Å². The molecule has 1 aromatic heterocycles. The molecule has 2 heterocycles. The molecule has 0 radical (unpaired) electrons. The van der Waals surface area contributed by atoms with Crippen LogP contribution in [0, 0.1) is 0 Å². The molecule has 0 aliphatic carbocycles. The molecule has 2 rings (SSSR count). The molecule has 1 unspecified atom stereocenters. The molecule has 0 amide bonds. The van der Waals surface area contributed by atoms with Gasteiger partial charge in [-0.15, -0.1) is 11.3 Å². The first-order valence-electron chi connectivity index (χ1n) is 4.50. The van der Waals surface area contributed by atoms with Crippen LogP contribution in [-0.4, -0.2) is 23.0 Å². The SMILES string of the molecule is CC(c1cncs1)N1CCCC1. The van der Waals surface area contributed by atoms with Crippen molar-refractivity contribution < 1.29 is 0 Å². The summed E-state index contributed by atoms with van der Waals surface area (Å²) >= 11 is 1.77. The van der Waals surface area contributed by atoms with Crippen LogP contribution in [0.2, 0.25) is 0 Å². The minimum Gasteiger partial charge on any atom is -0.296 e. The molecular formula is C9H14N2S. The maximum absolute atomic E-state index is 4.11. The van der Waals surface area contributed by atoms with Crippen molar-refractivity contribution in [1.82, 2.24) is 9.88 Å². The third-order valence-electron chi connectivity index (χ3n) is 2.55. The first-order chi connectivity index (χ1) is 5.88. The van der Waals surface area contributed by atoms with Gasteiger partial charge in [-0.25, -0.2) is 0 Å². The van der Waals surface area contributed by atoms with Gasteiger partial charge in [0.25, 0.3) is 0 Å². The maximum atomic E-state index is 4.11. The van der Waals surface area contributed by atoms with E-state index >= 15 is 0 Å². The molecule has 3 heteroatoms. The lowest BCUT2D eigenvalue weighted by molar-refractivity contribution is 0.266. The van der Waals surface area contributed by atoms with Crippen molar-refractivity contribution in [2.75, 3.05) is 13.1 Å².